The lowest BCUT2D eigenvalue weighted by atomic mass is 10.0. The Morgan fingerprint density at radius 1 is 1.19 bits per heavy atom. The molecular weight excluding hydrogens is 377 g/mol. The molecule has 146 valence electrons. The van der Waals surface area contributed by atoms with Gasteiger partial charge < -0.3 is 15.2 Å². The van der Waals surface area contributed by atoms with Crippen LogP contribution in [0, 0.1) is 17.6 Å². The van der Waals surface area contributed by atoms with Gasteiger partial charge in [0.05, 0.1) is 12.0 Å². The summed E-state index contributed by atoms with van der Waals surface area (Å²) in [5.74, 6) is -6.48. The maximum absolute atomic E-state index is 13.9. The number of carboxylic acid groups (broad SMARTS) is 1. The fourth-order valence-electron chi connectivity index (χ4n) is 2.38. The van der Waals surface area contributed by atoms with Crippen LogP contribution in [0.3, 0.4) is 0 Å². The van der Waals surface area contributed by atoms with Crippen LogP contribution < -0.4 is 10.4 Å². The van der Waals surface area contributed by atoms with Crippen LogP contribution in [-0.4, -0.2) is 27.5 Å². The van der Waals surface area contributed by atoms with E-state index in [0.29, 0.717) is 6.33 Å². The second-order valence-electron chi connectivity index (χ2n) is 5.89. The predicted molar refractivity (Wildman–Crippen MR) is 79.6 cm³/mol. The number of nitrogens with one attached hydrogen (secondary N) is 1. The van der Waals surface area contributed by atoms with E-state index in [4.69, 9.17) is 0 Å². The van der Waals surface area contributed by atoms with Crippen molar-refractivity contribution in [3.63, 3.8) is 0 Å². The maximum atomic E-state index is 13.9. The Kier molecular flexibility index (Phi) is 5.52. The first kappa shape index (κ1) is 20.3. The number of rotatable bonds is 5. The van der Waals surface area contributed by atoms with Gasteiger partial charge in [0.15, 0.2) is 11.4 Å². The minimum absolute atomic E-state index is 0.0585. The lowest BCUT2D eigenvalue weighted by Gasteiger charge is -2.23. The highest BCUT2D eigenvalue weighted by Gasteiger charge is 2.42. The number of carbonyl (C=O) groups excluding carboxylic acids is 2. The smallest absolute Gasteiger partial charge is 0.434 e. The van der Waals surface area contributed by atoms with Crippen molar-refractivity contribution in [2.45, 2.75) is 26.1 Å². The van der Waals surface area contributed by atoms with Crippen molar-refractivity contribution in [3.8, 4) is 5.69 Å². The van der Waals surface area contributed by atoms with Crippen molar-refractivity contribution >= 4 is 11.9 Å². The number of alkyl halides is 3. The molecule has 0 spiro atoms. The van der Waals surface area contributed by atoms with E-state index in [1.165, 1.54) is 13.8 Å². The molecule has 0 bridgehead atoms. The molecule has 0 aliphatic carbocycles. The number of carboxylic acids is 1. The fourth-order valence-corrected chi connectivity index (χ4v) is 2.38. The molecule has 0 fully saturated rings. The van der Waals surface area contributed by atoms with Gasteiger partial charge >= 0.3 is 6.18 Å². The highest BCUT2D eigenvalue weighted by atomic mass is 19.4. The average Bonchev–Trinajstić information content (AvgIpc) is 2.96. The van der Waals surface area contributed by atoms with Crippen LogP contribution in [0.25, 0.3) is 5.69 Å². The van der Waals surface area contributed by atoms with Crippen molar-refractivity contribution < 1.29 is 36.6 Å². The molecule has 1 amide bonds. The summed E-state index contributed by atoms with van der Waals surface area (Å²) in [6, 6.07) is 0.847. The minimum Gasteiger partial charge on any atom is -0.548 e. The summed E-state index contributed by atoms with van der Waals surface area (Å²) in [6.45, 7) is 2.80. The maximum Gasteiger partial charge on any atom is 0.434 e. The van der Waals surface area contributed by atoms with E-state index in [1.54, 1.807) is 0 Å². The van der Waals surface area contributed by atoms with Crippen molar-refractivity contribution in [2.24, 2.45) is 5.92 Å². The third-order valence-electron chi connectivity index (χ3n) is 3.64. The molecule has 11 heteroatoms. The fraction of sp³-hybridized carbons (Fsp3) is 0.312. The third-order valence-corrected chi connectivity index (χ3v) is 3.64. The van der Waals surface area contributed by atoms with Crippen molar-refractivity contribution in [1.29, 1.82) is 0 Å². The average molecular weight is 390 g/mol. The summed E-state index contributed by atoms with van der Waals surface area (Å²) < 4.78 is 68.3. The van der Waals surface area contributed by atoms with Gasteiger partial charge in [-0.3, -0.25) is 9.36 Å². The molecule has 2 rings (SSSR count). The molecule has 1 aromatic heterocycles. The number of amides is 1. The van der Waals surface area contributed by atoms with Crippen molar-refractivity contribution in [3.05, 3.63) is 47.5 Å². The van der Waals surface area contributed by atoms with Crippen LogP contribution in [0.2, 0.25) is 0 Å². The molecule has 1 heterocycles. The van der Waals surface area contributed by atoms with Crippen LogP contribution in [0.4, 0.5) is 22.0 Å². The van der Waals surface area contributed by atoms with E-state index in [0.717, 1.165) is 18.2 Å². The van der Waals surface area contributed by atoms with Crippen LogP contribution in [0.15, 0.2) is 24.5 Å². The quantitative estimate of drug-likeness (QED) is 0.787. The Morgan fingerprint density at radius 3 is 2.19 bits per heavy atom. The van der Waals surface area contributed by atoms with Gasteiger partial charge in [-0.25, -0.2) is 13.8 Å². The zero-order valence-corrected chi connectivity index (χ0v) is 14.0. The number of aliphatic carboxylic acids is 1. The number of benzene rings is 1. The molecule has 0 radical (unpaired) electrons. The van der Waals surface area contributed by atoms with Crippen LogP contribution in [0.5, 0.6) is 0 Å². The Balaban J connectivity index is 2.59. The summed E-state index contributed by atoms with van der Waals surface area (Å²) >= 11 is 0. The van der Waals surface area contributed by atoms with E-state index >= 15 is 0 Å². The van der Waals surface area contributed by atoms with Gasteiger partial charge in [0.1, 0.15) is 23.6 Å². The second-order valence-corrected chi connectivity index (χ2v) is 5.89. The van der Waals surface area contributed by atoms with Gasteiger partial charge in [0.25, 0.3) is 5.91 Å². The molecule has 1 atom stereocenters. The molecular formula is C16H13F5N3O3-. The van der Waals surface area contributed by atoms with Crippen molar-refractivity contribution in [2.75, 3.05) is 0 Å². The molecule has 0 saturated heterocycles. The molecule has 0 aliphatic rings. The minimum atomic E-state index is -5.22. The van der Waals surface area contributed by atoms with Gasteiger partial charge in [-0.1, -0.05) is 19.9 Å². The van der Waals surface area contributed by atoms with E-state index in [1.807, 2.05) is 5.32 Å². The number of imidazole rings is 1. The summed E-state index contributed by atoms with van der Waals surface area (Å²) in [5.41, 5.74) is -4.04. The molecule has 0 aliphatic heterocycles. The van der Waals surface area contributed by atoms with E-state index in [9.17, 15) is 36.6 Å². The molecule has 2 aromatic rings. The first-order valence-electron chi connectivity index (χ1n) is 7.55. The van der Waals surface area contributed by atoms with Gasteiger partial charge in [-0.2, -0.15) is 13.2 Å². The zero-order chi connectivity index (χ0) is 20.5. The van der Waals surface area contributed by atoms with E-state index < -0.39 is 58.7 Å². The SMILES string of the molecule is CC(C)C(NC(=O)c1ncn(-c2c(F)cccc2F)c1C(F)(F)F)C(=O)[O-]. The Morgan fingerprint density at radius 2 is 1.74 bits per heavy atom. The largest absolute Gasteiger partial charge is 0.548 e. The number of carbonyl (C=O) groups is 2. The number of aromatic nitrogens is 2. The highest BCUT2D eigenvalue weighted by Crippen LogP contribution is 2.34. The van der Waals surface area contributed by atoms with Gasteiger partial charge in [-0.05, 0) is 18.1 Å². The lowest BCUT2D eigenvalue weighted by Crippen LogP contribution is -2.51. The number of hydrogen-bond donors (Lipinski definition) is 1. The number of halogens is 5. The zero-order valence-electron chi connectivity index (χ0n) is 14.0. The summed E-state index contributed by atoms with van der Waals surface area (Å²) in [6.07, 6.45) is -4.78. The summed E-state index contributed by atoms with van der Waals surface area (Å²) in [4.78, 5) is 26.5. The topological polar surface area (TPSA) is 87.0 Å². The molecule has 1 unspecified atom stereocenters. The lowest BCUT2D eigenvalue weighted by molar-refractivity contribution is -0.309. The highest BCUT2D eigenvalue weighted by molar-refractivity contribution is 5.96. The Labute approximate surface area is 149 Å². The second kappa shape index (κ2) is 7.33. The predicted octanol–water partition coefficient (Wildman–Crippen LogP) is 1.67. The van der Waals surface area contributed by atoms with Crippen molar-refractivity contribution in [1.82, 2.24) is 14.9 Å². The van der Waals surface area contributed by atoms with Gasteiger partial charge in [0.2, 0.25) is 0 Å². The van der Waals surface area contributed by atoms with Crippen LogP contribution in [0.1, 0.15) is 30.0 Å². The standard InChI is InChI=1S/C16H14F5N3O3/c1-7(2)10(15(26)27)23-14(25)11-13(16(19,20)21)24(6-22-11)12-8(17)4-3-5-9(12)18/h3-7,10H,1-2H3,(H,23,25)(H,26,27)/p-1. The van der Waals surface area contributed by atoms with Crippen LogP contribution in [-0.2, 0) is 11.0 Å². The Bertz CT molecular complexity index is 856. The molecule has 6 nitrogen and oxygen atoms in total. The summed E-state index contributed by atoms with van der Waals surface area (Å²) in [7, 11) is 0. The number of nitrogens with zero attached hydrogens (tertiary/aromatic N) is 2. The van der Waals surface area contributed by atoms with E-state index in [2.05, 4.69) is 4.98 Å². The Hall–Kier alpha value is -2.98. The normalized spacial score (nSPS) is 12.9. The molecule has 1 N–H and O–H groups in total. The van der Waals surface area contributed by atoms with E-state index in [-0.39, 0.29) is 4.57 Å². The molecule has 27 heavy (non-hydrogen) atoms. The number of hydrogen-bond acceptors (Lipinski definition) is 4. The number of para-hydroxylation sites is 1. The third kappa shape index (κ3) is 4.07. The van der Waals surface area contributed by atoms with Crippen LogP contribution >= 0.6 is 0 Å². The van der Waals surface area contributed by atoms with Gasteiger partial charge in [-0.15, -0.1) is 0 Å². The molecule has 0 saturated carbocycles. The summed E-state index contributed by atoms with van der Waals surface area (Å²) in [5, 5.41) is 12.9. The first-order chi connectivity index (χ1) is 12.4. The first-order valence-corrected chi connectivity index (χ1v) is 7.55. The van der Waals surface area contributed by atoms with Gasteiger partial charge in [0, 0.05) is 0 Å². The molecule has 1 aromatic carbocycles. The monoisotopic (exact) mass is 390 g/mol.